The van der Waals surface area contributed by atoms with Crippen molar-refractivity contribution in [3.8, 4) is 5.75 Å². The predicted octanol–water partition coefficient (Wildman–Crippen LogP) is 2.88. The molecule has 0 radical (unpaired) electrons. The zero-order valence-corrected chi connectivity index (χ0v) is 11.6. The molecule has 20 heavy (non-hydrogen) atoms. The van der Waals surface area contributed by atoms with Gasteiger partial charge in [0, 0.05) is 13.0 Å². The Balaban J connectivity index is 1.89. The lowest BCUT2D eigenvalue weighted by atomic mass is 10.3. The zero-order valence-electron chi connectivity index (χ0n) is 11.6. The Morgan fingerprint density at radius 1 is 1.30 bits per heavy atom. The Morgan fingerprint density at radius 3 is 2.60 bits per heavy atom. The summed E-state index contributed by atoms with van der Waals surface area (Å²) in [4.78, 5) is 10.5. The Morgan fingerprint density at radius 2 is 2.00 bits per heavy atom. The van der Waals surface area contributed by atoms with E-state index in [1.807, 2.05) is 30.3 Å². The summed E-state index contributed by atoms with van der Waals surface area (Å²) in [5.74, 6) is 0.826. The standard InChI is InChI=1S/C14H17N3O3/c1-11-14(17(18)19)12(2)16(15-11)9-6-10-20-13-7-4-3-5-8-13/h3-5,7-8H,6,9-10H2,1-2H3. The van der Waals surface area contributed by atoms with Crippen molar-refractivity contribution in [1.82, 2.24) is 9.78 Å². The van der Waals surface area contributed by atoms with Gasteiger partial charge in [-0.25, -0.2) is 0 Å². The van der Waals surface area contributed by atoms with Gasteiger partial charge in [0.1, 0.15) is 17.1 Å². The van der Waals surface area contributed by atoms with Gasteiger partial charge in [-0.3, -0.25) is 14.8 Å². The molecular weight excluding hydrogens is 258 g/mol. The minimum Gasteiger partial charge on any atom is -0.494 e. The van der Waals surface area contributed by atoms with Gasteiger partial charge in [-0.2, -0.15) is 5.10 Å². The maximum atomic E-state index is 10.9. The van der Waals surface area contributed by atoms with Crippen molar-refractivity contribution >= 4 is 5.69 Å². The summed E-state index contributed by atoms with van der Waals surface area (Å²) in [6.07, 6.45) is 0.744. The van der Waals surface area contributed by atoms with E-state index in [-0.39, 0.29) is 10.6 Å². The van der Waals surface area contributed by atoms with Crippen LogP contribution in [-0.4, -0.2) is 21.3 Å². The van der Waals surface area contributed by atoms with Crippen molar-refractivity contribution in [2.45, 2.75) is 26.8 Å². The first-order valence-electron chi connectivity index (χ1n) is 6.46. The zero-order chi connectivity index (χ0) is 14.5. The number of nitro groups is 1. The highest BCUT2D eigenvalue weighted by atomic mass is 16.6. The van der Waals surface area contributed by atoms with Crippen LogP contribution in [0.25, 0.3) is 0 Å². The maximum Gasteiger partial charge on any atom is 0.312 e. The number of ether oxygens (including phenoxy) is 1. The minimum absolute atomic E-state index is 0.106. The van der Waals surface area contributed by atoms with Gasteiger partial charge in [-0.1, -0.05) is 18.2 Å². The molecule has 0 atom stereocenters. The molecule has 0 saturated carbocycles. The molecule has 106 valence electrons. The molecule has 0 unspecified atom stereocenters. The van der Waals surface area contributed by atoms with E-state index in [0.717, 1.165) is 12.2 Å². The second-order valence-corrected chi connectivity index (χ2v) is 4.51. The fraction of sp³-hybridized carbons (Fsp3) is 0.357. The number of para-hydroxylation sites is 1. The number of aromatic nitrogens is 2. The van der Waals surface area contributed by atoms with Crippen molar-refractivity contribution in [3.05, 3.63) is 51.8 Å². The maximum absolute atomic E-state index is 10.9. The van der Waals surface area contributed by atoms with E-state index in [4.69, 9.17) is 4.74 Å². The number of rotatable bonds is 6. The molecule has 0 amide bonds. The van der Waals surface area contributed by atoms with E-state index in [0.29, 0.717) is 24.5 Å². The third-order valence-corrected chi connectivity index (χ3v) is 3.05. The largest absolute Gasteiger partial charge is 0.494 e. The third kappa shape index (κ3) is 3.14. The van der Waals surface area contributed by atoms with Gasteiger partial charge in [0.2, 0.25) is 0 Å². The average molecular weight is 275 g/mol. The molecule has 0 fully saturated rings. The number of nitrogens with zero attached hydrogens (tertiary/aromatic N) is 3. The molecule has 0 aliphatic heterocycles. The summed E-state index contributed by atoms with van der Waals surface area (Å²) in [6, 6.07) is 9.56. The van der Waals surface area contributed by atoms with Crippen LogP contribution in [0.2, 0.25) is 0 Å². The highest BCUT2D eigenvalue weighted by molar-refractivity contribution is 5.39. The van der Waals surface area contributed by atoms with Gasteiger partial charge in [-0.15, -0.1) is 0 Å². The van der Waals surface area contributed by atoms with E-state index < -0.39 is 0 Å². The van der Waals surface area contributed by atoms with Crippen LogP contribution in [0, 0.1) is 24.0 Å². The number of aryl methyl sites for hydroxylation is 2. The topological polar surface area (TPSA) is 70.2 Å². The molecule has 2 aromatic rings. The number of hydrogen-bond donors (Lipinski definition) is 0. The van der Waals surface area contributed by atoms with Gasteiger partial charge in [0.15, 0.2) is 0 Å². The highest BCUT2D eigenvalue weighted by Crippen LogP contribution is 2.21. The van der Waals surface area contributed by atoms with Crippen LogP contribution in [0.4, 0.5) is 5.69 Å². The van der Waals surface area contributed by atoms with Crippen molar-refractivity contribution in [2.75, 3.05) is 6.61 Å². The van der Waals surface area contributed by atoms with Crippen LogP contribution in [0.15, 0.2) is 30.3 Å². The van der Waals surface area contributed by atoms with Crippen LogP contribution < -0.4 is 4.74 Å². The van der Waals surface area contributed by atoms with E-state index in [1.165, 1.54) is 0 Å². The van der Waals surface area contributed by atoms with E-state index in [1.54, 1.807) is 18.5 Å². The first-order valence-corrected chi connectivity index (χ1v) is 6.46. The van der Waals surface area contributed by atoms with Crippen LogP contribution in [0.5, 0.6) is 5.75 Å². The normalized spacial score (nSPS) is 10.5. The molecule has 0 saturated heterocycles. The van der Waals surface area contributed by atoms with Crippen molar-refractivity contribution in [3.63, 3.8) is 0 Å². The molecular formula is C14H17N3O3. The Kier molecular flexibility index (Phi) is 4.34. The monoisotopic (exact) mass is 275 g/mol. The van der Waals surface area contributed by atoms with Crippen LogP contribution in [0.3, 0.4) is 0 Å². The van der Waals surface area contributed by atoms with E-state index in [2.05, 4.69) is 5.10 Å². The summed E-state index contributed by atoms with van der Waals surface area (Å²) in [5.41, 5.74) is 1.15. The fourth-order valence-electron chi connectivity index (χ4n) is 2.09. The molecule has 0 aliphatic carbocycles. The molecule has 0 bridgehead atoms. The smallest absolute Gasteiger partial charge is 0.312 e. The van der Waals surface area contributed by atoms with Crippen molar-refractivity contribution in [2.24, 2.45) is 0 Å². The van der Waals surface area contributed by atoms with Crippen molar-refractivity contribution < 1.29 is 9.66 Å². The van der Waals surface area contributed by atoms with Gasteiger partial charge in [0.05, 0.1) is 11.5 Å². The fourth-order valence-corrected chi connectivity index (χ4v) is 2.09. The number of hydrogen-bond acceptors (Lipinski definition) is 4. The Bertz CT molecular complexity index is 593. The predicted molar refractivity (Wildman–Crippen MR) is 74.9 cm³/mol. The van der Waals surface area contributed by atoms with Gasteiger partial charge in [0.25, 0.3) is 0 Å². The van der Waals surface area contributed by atoms with Crippen molar-refractivity contribution in [1.29, 1.82) is 0 Å². The third-order valence-electron chi connectivity index (χ3n) is 3.05. The highest BCUT2D eigenvalue weighted by Gasteiger charge is 2.21. The molecule has 6 nitrogen and oxygen atoms in total. The first kappa shape index (κ1) is 14.0. The second kappa shape index (κ2) is 6.18. The summed E-state index contributed by atoms with van der Waals surface area (Å²) in [5, 5.41) is 15.1. The summed E-state index contributed by atoms with van der Waals surface area (Å²) in [7, 11) is 0. The first-order chi connectivity index (χ1) is 9.59. The molecule has 2 rings (SSSR count). The average Bonchev–Trinajstić information content (AvgIpc) is 2.71. The van der Waals surface area contributed by atoms with E-state index in [9.17, 15) is 10.1 Å². The molecule has 0 N–H and O–H groups in total. The summed E-state index contributed by atoms with van der Waals surface area (Å²) < 4.78 is 7.25. The lowest BCUT2D eigenvalue weighted by Crippen LogP contribution is -2.07. The molecule has 1 aromatic heterocycles. The molecule has 1 heterocycles. The summed E-state index contributed by atoms with van der Waals surface area (Å²) in [6.45, 7) is 4.53. The lowest BCUT2D eigenvalue weighted by Gasteiger charge is -2.06. The Hall–Kier alpha value is -2.37. The van der Waals surface area contributed by atoms with Crippen LogP contribution in [0.1, 0.15) is 17.8 Å². The van der Waals surface area contributed by atoms with Crippen LogP contribution in [-0.2, 0) is 6.54 Å². The van der Waals surface area contributed by atoms with Crippen LogP contribution >= 0.6 is 0 Å². The van der Waals surface area contributed by atoms with Gasteiger partial charge >= 0.3 is 5.69 Å². The lowest BCUT2D eigenvalue weighted by molar-refractivity contribution is -0.386. The van der Waals surface area contributed by atoms with Gasteiger partial charge in [-0.05, 0) is 26.0 Å². The van der Waals surface area contributed by atoms with Gasteiger partial charge < -0.3 is 4.74 Å². The molecule has 6 heteroatoms. The number of benzene rings is 1. The second-order valence-electron chi connectivity index (χ2n) is 4.51. The molecule has 0 aliphatic rings. The summed E-state index contributed by atoms with van der Waals surface area (Å²) >= 11 is 0. The minimum atomic E-state index is -0.380. The molecule has 1 aromatic carbocycles. The molecule has 0 spiro atoms. The Labute approximate surface area is 117 Å². The SMILES string of the molecule is Cc1nn(CCCOc2ccccc2)c(C)c1[N+](=O)[O-]. The van der Waals surface area contributed by atoms with E-state index >= 15 is 0 Å². The quantitative estimate of drug-likeness (QED) is 0.461.